The van der Waals surface area contributed by atoms with E-state index < -0.39 is 0 Å². The standard InChI is InChI=1S/C18H21N3/c1-12-9-13(2)14(3)15(10-12)18(4)11-20-17-16(21(18)5)7-6-8-19-17/h6-11H,1-5H3. The Hall–Kier alpha value is -2.16. The molecule has 1 aromatic carbocycles. The molecule has 1 atom stereocenters. The molecule has 1 aromatic heterocycles. The molecule has 1 aliphatic heterocycles. The van der Waals surface area contributed by atoms with E-state index in [0.29, 0.717) is 0 Å². The maximum atomic E-state index is 4.60. The van der Waals surface area contributed by atoms with Crippen molar-refractivity contribution in [2.75, 3.05) is 11.9 Å². The van der Waals surface area contributed by atoms with Crippen LogP contribution in [0.2, 0.25) is 0 Å². The summed E-state index contributed by atoms with van der Waals surface area (Å²) in [4.78, 5) is 11.2. The van der Waals surface area contributed by atoms with Crippen molar-refractivity contribution in [2.24, 2.45) is 4.99 Å². The van der Waals surface area contributed by atoms with E-state index in [1.54, 1.807) is 6.20 Å². The van der Waals surface area contributed by atoms with Crippen LogP contribution in [0.5, 0.6) is 0 Å². The van der Waals surface area contributed by atoms with E-state index >= 15 is 0 Å². The van der Waals surface area contributed by atoms with E-state index in [-0.39, 0.29) is 5.54 Å². The molecule has 3 nitrogen and oxygen atoms in total. The van der Waals surface area contributed by atoms with Crippen molar-refractivity contribution in [3.8, 4) is 0 Å². The van der Waals surface area contributed by atoms with Crippen LogP contribution < -0.4 is 4.90 Å². The Bertz CT molecular complexity index is 733. The summed E-state index contributed by atoms with van der Waals surface area (Å²) < 4.78 is 0. The van der Waals surface area contributed by atoms with Gasteiger partial charge in [-0.05, 0) is 56.5 Å². The first-order valence-corrected chi connectivity index (χ1v) is 7.26. The van der Waals surface area contributed by atoms with Gasteiger partial charge in [0, 0.05) is 19.5 Å². The fourth-order valence-corrected chi connectivity index (χ4v) is 3.09. The largest absolute Gasteiger partial charge is 0.357 e. The molecule has 1 aliphatic rings. The molecule has 0 N–H and O–H groups in total. The van der Waals surface area contributed by atoms with Crippen molar-refractivity contribution in [1.82, 2.24) is 4.98 Å². The summed E-state index contributed by atoms with van der Waals surface area (Å²) in [6, 6.07) is 8.55. The van der Waals surface area contributed by atoms with E-state index in [0.717, 1.165) is 11.5 Å². The minimum Gasteiger partial charge on any atom is -0.357 e. The number of aryl methyl sites for hydroxylation is 2. The fraction of sp³-hybridized carbons (Fsp3) is 0.333. The minimum absolute atomic E-state index is 0.253. The normalized spacial score (nSPS) is 20.5. The highest BCUT2D eigenvalue weighted by Crippen LogP contribution is 2.40. The second-order valence-corrected chi connectivity index (χ2v) is 6.07. The summed E-state index contributed by atoms with van der Waals surface area (Å²) in [5.41, 5.74) is 6.06. The summed E-state index contributed by atoms with van der Waals surface area (Å²) >= 11 is 0. The van der Waals surface area contributed by atoms with Crippen molar-refractivity contribution in [2.45, 2.75) is 33.2 Å². The van der Waals surface area contributed by atoms with Crippen LogP contribution in [0.25, 0.3) is 0 Å². The molecule has 0 bridgehead atoms. The monoisotopic (exact) mass is 279 g/mol. The molecule has 0 amide bonds. The molecule has 0 spiro atoms. The Morgan fingerprint density at radius 2 is 1.90 bits per heavy atom. The lowest BCUT2D eigenvalue weighted by molar-refractivity contribution is 0.620. The van der Waals surface area contributed by atoms with Gasteiger partial charge in [-0.3, -0.25) is 0 Å². The highest BCUT2D eigenvalue weighted by Gasteiger charge is 2.35. The molecule has 0 aliphatic carbocycles. The van der Waals surface area contributed by atoms with Crippen LogP contribution in [0.3, 0.4) is 0 Å². The number of aromatic nitrogens is 1. The van der Waals surface area contributed by atoms with E-state index in [4.69, 9.17) is 0 Å². The van der Waals surface area contributed by atoms with Gasteiger partial charge in [0.15, 0.2) is 5.82 Å². The molecule has 108 valence electrons. The molecule has 21 heavy (non-hydrogen) atoms. The maximum Gasteiger partial charge on any atom is 0.175 e. The predicted octanol–water partition coefficient (Wildman–Crippen LogP) is 4.07. The molecule has 2 aromatic rings. The lowest BCUT2D eigenvalue weighted by Crippen LogP contribution is -2.45. The summed E-state index contributed by atoms with van der Waals surface area (Å²) in [6.45, 7) is 8.73. The van der Waals surface area contributed by atoms with Crippen molar-refractivity contribution < 1.29 is 0 Å². The Labute approximate surface area is 126 Å². The van der Waals surface area contributed by atoms with Gasteiger partial charge in [-0.2, -0.15) is 0 Å². The number of anilines is 1. The van der Waals surface area contributed by atoms with Crippen LogP contribution in [-0.4, -0.2) is 18.2 Å². The molecule has 0 radical (unpaired) electrons. The molecule has 1 unspecified atom stereocenters. The van der Waals surface area contributed by atoms with Gasteiger partial charge in [-0.25, -0.2) is 9.98 Å². The molecular weight excluding hydrogens is 258 g/mol. The average Bonchev–Trinajstić information content (AvgIpc) is 2.47. The summed E-state index contributed by atoms with van der Waals surface area (Å²) in [7, 11) is 2.11. The quantitative estimate of drug-likeness (QED) is 0.787. The SMILES string of the molecule is Cc1cc(C)c(C)c(C2(C)C=Nc3ncccc3N2C)c1. The zero-order valence-electron chi connectivity index (χ0n) is 13.3. The Kier molecular flexibility index (Phi) is 3.08. The smallest absolute Gasteiger partial charge is 0.175 e. The number of benzene rings is 1. The van der Waals surface area contributed by atoms with E-state index in [1.165, 1.54) is 22.3 Å². The van der Waals surface area contributed by atoms with E-state index in [1.807, 2.05) is 12.3 Å². The van der Waals surface area contributed by atoms with Crippen LogP contribution in [0, 0.1) is 20.8 Å². The van der Waals surface area contributed by atoms with E-state index in [9.17, 15) is 0 Å². The number of fused-ring (bicyclic) bond motifs is 1. The van der Waals surface area contributed by atoms with Gasteiger partial charge in [0.1, 0.15) is 0 Å². The third kappa shape index (κ3) is 2.04. The van der Waals surface area contributed by atoms with Gasteiger partial charge >= 0.3 is 0 Å². The average molecular weight is 279 g/mol. The first-order chi connectivity index (χ1) is 9.93. The van der Waals surface area contributed by atoms with Crippen molar-refractivity contribution in [3.05, 3.63) is 52.7 Å². The molecular formula is C18H21N3. The molecule has 3 heteroatoms. The van der Waals surface area contributed by atoms with E-state index in [2.05, 4.69) is 67.8 Å². The summed E-state index contributed by atoms with van der Waals surface area (Å²) in [5, 5.41) is 0. The minimum atomic E-state index is -0.253. The molecule has 0 saturated heterocycles. The van der Waals surface area contributed by atoms with Gasteiger partial charge < -0.3 is 4.90 Å². The lowest BCUT2D eigenvalue weighted by atomic mass is 9.84. The van der Waals surface area contributed by atoms with Gasteiger partial charge in [-0.1, -0.05) is 17.7 Å². The summed E-state index contributed by atoms with van der Waals surface area (Å²) in [6.07, 6.45) is 3.80. The Morgan fingerprint density at radius 1 is 1.14 bits per heavy atom. The highest BCUT2D eigenvalue weighted by molar-refractivity contribution is 5.87. The van der Waals surface area contributed by atoms with Crippen molar-refractivity contribution >= 4 is 17.7 Å². The van der Waals surface area contributed by atoms with Crippen LogP contribution in [0.1, 0.15) is 29.2 Å². The number of rotatable bonds is 1. The number of hydrogen-bond donors (Lipinski definition) is 0. The number of hydrogen-bond acceptors (Lipinski definition) is 3. The molecule has 0 saturated carbocycles. The van der Waals surface area contributed by atoms with Gasteiger partial charge in [0.2, 0.25) is 0 Å². The van der Waals surface area contributed by atoms with Crippen LogP contribution in [-0.2, 0) is 5.54 Å². The first kappa shape index (κ1) is 13.8. The highest BCUT2D eigenvalue weighted by atomic mass is 15.2. The zero-order chi connectivity index (χ0) is 15.2. The zero-order valence-corrected chi connectivity index (χ0v) is 13.3. The fourth-order valence-electron chi connectivity index (χ4n) is 3.09. The number of pyridine rings is 1. The van der Waals surface area contributed by atoms with Crippen LogP contribution >= 0.6 is 0 Å². The predicted molar refractivity (Wildman–Crippen MR) is 88.8 cm³/mol. The summed E-state index contributed by atoms with van der Waals surface area (Å²) in [5.74, 6) is 0.791. The van der Waals surface area contributed by atoms with Crippen LogP contribution in [0.15, 0.2) is 35.5 Å². The number of nitrogens with zero attached hydrogens (tertiary/aromatic N) is 3. The number of aliphatic imine (C=N–C) groups is 1. The van der Waals surface area contributed by atoms with Crippen molar-refractivity contribution in [1.29, 1.82) is 0 Å². The molecule has 0 fully saturated rings. The molecule has 2 heterocycles. The van der Waals surface area contributed by atoms with Gasteiger partial charge in [-0.15, -0.1) is 0 Å². The lowest BCUT2D eigenvalue weighted by Gasteiger charge is -2.41. The van der Waals surface area contributed by atoms with Crippen LogP contribution in [0.4, 0.5) is 11.5 Å². The van der Waals surface area contributed by atoms with Gasteiger partial charge in [0.25, 0.3) is 0 Å². The maximum absolute atomic E-state index is 4.60. The molecule has 3 rings (SSSR count). The topological polar surface area (TPSA) is 28.5 Å². The second kappa shape index (κ2) is 4.69. The third-order valence-electron chi connectivity index (χ3n) is 4.62. The van der Waals surface area contributed by atoms with Crippen molar-refractivity contribution in [3.63, 3.8) is 0 Å². The Morgan fingerprint density at radius 3 is 2.67 bits per heavy atom. The van der Waals surface area contributed by atoms with Gasteiger partial charge in [0.05, 0.1) is 11.2 Å². The third-order valence-corrected chi connectivity index (χ3v) is 4.62. The Balaban J connectivity index is 2.20. The first-order valence-electron chi connectivity index (χ1n) is 7.26. The second-order valence-electron chi connectivity index (χ2n) is 6.07.